The van der Waals surface area contributed by atoms with Crippen molar-refractivity contribution in [1.29, 1.82) is 0 Å². The van der Waals surface area contributed by atoms with Crippen molar-refractivity contribution in [2.75, 3.05) is 13.2 Å². The quantitative estimate of drug-likeness (QED) is 0.632. The molecule has 168 valence electrons. The van der Waals surface area contributed by atoms with Crippen LogP contribution in [0.15, 0.2) is 41.4 Å². The Bertz CT molecular complexity index is 1220. The average molecular weight is 473 g/mol. The SMILES string of the molecule is Cc1c(S(=O)(=O)C2C=C(CC3CCCN3Cl)c3ncccc3C2)ccc2c1CC(=O)CO2. The number of Topliss-reactive ketones (excluding diaryl/α,β-unsaturated/α-hetero) is 1. The van der Waals surface area contributed by atoms with Crippen LogP contribution < -0.4 is 4.74 Å². The second kappa shape index (κ2) is 8.28. The first-order chi connectivity index (χ1) is 15.3. The molecule has 0 radical (unpaired) electrons. The van der Waals surface area contributed by atoms with Crippen molar-refractivity contribution >= 4 is 33.0 Å². The lowest BCUT2D eigenvalue weighted by molar-refractivity contribution is -0.121. The number of pyridine rings is 1. The van der Waals surface area contributed by atoms with E-state index in [1.54, 1.807) is 25.3 Å². The van der Waals surface area contributed by atoms with Crippen LogP contribution in [0.1, 0.15) is 41.6 Å². The number of halogens is 1. The summed E-state index contributed by atoms with van der Waals surface area (Å²) in [6, 6.07) is 7.27. The summed E-state index contributed by atoms with van der Waals surface area (Å²) in [6.07, 6.45) is 6.89. The molecule has 0 amide bonds. The molecule has 1 fully saturated rings. The van der Waals surface area contributed by atoms with Gasteiger partial charge in [0.25, 0.3) is 0 Å². The van der Waals surface area contributed by atoms with E-state index in [0.717, 1.165) is 36.2 Å². The van der Waals surface area contributed by atoms with Gasteiger partial charge in [0.2, 0.25) is 0 Å². The molecule has 0 N–H and O–H groups in total. The zero-order valence-corrected chi connectivity index (χ0v) is 19.5. The van der Waals surface area contributed by atoms with Gasteiger partial charge in [0.1, 0.15) is 12.4 Å². The lowest BCUT2D eigenvalue weighted by Gasteiger charge is -2.27. The van der Waals surface area contributed by atoms with Gasteiger partial charge in [0, 0.05) is 30.8 Å². The standard InChI is InChI=1S/C24H25ClN2O4S/c1-15-21-13-19(28)14-31-22(21)6-7-23(15)32(29,30)20-11-16-4-2-8-26-24(16)17(12-20)10-18-5-3-9-27(18)25/h2,4,6-8,12,18,20H,3,5,9-11,13-14H2,1H3. The minimum absolute atomic E-state index is 0.0375. The summed E-state index contributed by atoms with van der Waals surface area (Å²) in [5.74, 6) is 0.552. The molecule has 1 saturated heterocycles. The summed E-state index contributed by atoms with van der Waals surface area (Å²) in [5.41, 5.74) is 4.02. The van der Waals surface area contributed by atoms with Crippen molar-refractivity contribution in [1.82, 2.24) is 9.40 Å². The van der Waals surface area contributed by atoms with Crippen molar-refractivity contribution in [3.8, 4) is 5.75 Å². The molecule has 2 aliphatic heterocycles. The predicted octanol–water partition coefficient (Wildman–Crippen LogP) is 3.68. The van der Waals surface area contributed by atoms with Gasteiger partial charge in [0.15, 0.2) is 15.6 Å². The minimum Gasteiger partial charge on any atom is -0.486 e. The number of hydrogen-bond donors (Lipinski definition) is 0. The number of nitrogens with zero attached hydrogens (tertiary/aromatic N) is 2. The van der Waals surface area contributed by atoms with E-state index in [2.05, 4.69) is 4.98 Å². The predicted molar refractivity (Wildman–Crippen MR) is 122 cm³/mol. The van der Waals surface area contributed by atoms with Gasteiger partial charge in [-0.25, -0.2) is 12.8 Å². The topological polar surface area (TPSA) is 76.6 Å². The number of ketones is 1. The van der Waals surface area contributed by atoms with E-state index in [0.29, 0.717) is 29.7 Å². The Morgan fingerprint density at radius 1 is 1.28 bits per heavy atom. The van der Waals surface area contributed by atoms with Crippen molar-refractivity contribution in [3.05, 3.63) is 58.9 Å². The second-order valence-corrected chi connectivity index (χ2v) is 11.4. The summed E-state index contributed by atoms with van der Waals surface area (Å²) < 4.78 is 34.9. The first-order valence-corrected chi connectivity index (χ1v) is 12.8. The highest BCUT2D eigenvalue weighted by Crippen LogP contribution is 2.38. The van der Waals surface area contributed by atoms with Crippen LogP contribution in [0.4, 0.5) is 0 Å². The third kappa shape index (κ3) is 3.76. The Morgan fingerprint density at radius 3 is 2.91 bits per heavy atom. The van der Waals surface area contributed by atoms with E-state index in [9.17, 15) is 13.2 Å². The number of hydrogen-bond acceptors (Lipinski definition) is 6. The van der Waals surface area contributed by atoms with Crippen LogP contribution in [-0.2, 0) is 27.5 Å². The van der Waals surface area contributed by atoms with Gasteiger partial charge in [-0.15, -0.1) is 0 Å². The molecule has 6 nitrogen and oxygen atoms in total. The summed E-state index contributed by atoms with van der Waals surface area (Å²) in [5, 5.41) is -0.698. The first-order valence-electron chi connectivity index (χ1n) is 10.9. The molecule has 3 aliphatic rings. The molecule has 32 heavy (non-hydrogen) atoms. The molecular weight excluding hydrogens is 448 g/mol. The van der Waals surface area contributed by atoms with Crippen LogP contribution in [-0.4, -0.2) is 48.0 Å². The van der Waals surface area contributed by atoms with E-state index in [4.69, 9.17) is 16.5 Å². The van der Waals surface area contributed by atoms with Crippen LogP contribution in [0, 0.1) is 6.92 Å². The van der Waals surface area contributed by atoms with Crippen LogP contribution in [0.3, 0.4) is 0 Å². The first kappa shape index (κ1) is 21.6. The molecule has 5 rings (SSSR count). The van der Waals surface area contributed by atoms with E-state index in [1.165, 1.54) is 0 Å². The van der Waals surface area contributed by atoms with E-state index in [1.807, 2.05) is 22.6 Å². The number of benzene rings is 1. The lowest BCUT2D eigenvalue weighted by Crippen LogP contribution is -2.29. The summed E-state index contributed by atoms with van der Waals surface area (Å²) >= 11 is 6.37. The maximum Gasteiger partial charge on any atom is 0.185 e. The number of carbonyl (C=O) groups is 1. The highest BCUT2D eigenvalue weighted by Gasteiger charge is 2.35. The Balaban J connectivity index is 1.54. The van der Waals surface area contributed by atoms with Crippen LogP contribution in [0.2, 0.25) is 0 Å². The highest BCUT2D eigenvalue weighted by molar-refractivity contribution is 7.92. The summed E-state index contributed by atoms with van der Waals surface area (Å²) in [4.78, 5) is 16.7. The molecule has 3 heterocycles. The molecule has 1 aromatic heterocycles. The number of ether oxygens (including phenoxy) is 1. The summed E-state index contributed by atoms with van der Waals surface area (Å²) in [6.45, 7) is 2.64. The van der Waals surface area contributed by atoms with E-state index in [-0.39, 0.29) is 29.7 Å². The van der Waals surface area contributed by atoms with Gasteiger partial charge in [-0.1, -0.05) is 12.1 Å². The monoisotopic (exact) mass is 472 g/mol. The zero-order valence-electron chi connectivity index (χ0n) is 17.9. The van der Waals surface area contributed by atoms with Crippen LogP contribution in [0.25, 0.3) is 5.57 Å². The fourth-order valence-corrected chi connectivity index (χ4v) is 7.20. The minimum atomic E-state index is -3.68. The fraction of sp³-hybridized carbons (Fsp3) is 0.417. The number of rotatable bonds is 4. The van der Waals surface area contributed by atoms with Crippen LogP contribution in [0.5, 0.6) is 5.75 Å². The Hall–Kier alpha value is -2.22. The van der Waals surface area contributed by atoms with Crippen LogP contribution >= 0.6 is 11.8 Å². The summed E-state index contributed by atoms with van der Waals surface area (Å²) in [7, 11) is -3.68. The number of aromatic nitrogens is 1. The molecule has 0 saturated carbocycles. The van der Waals surface area contributed by atoms with Crippen molar-refractivity contribution in [2.45, 2.75) is 55.2 Å². The average Bonchev–Trinajstić information content (AvgIpc) is 3.18. The molecule has 2 aromatic rings. The number of sulfone groups is 1. The molecular formula is C24H25ClN2O4S. The Labute approximate surface area is 193 Å². The Kier molecular flexibility index (Phi) is 5.60. The molecule has 0 spiro atoms. The largest absolute Gasteiger partial charge is 0.486 e. The van der Waals surface area contributed by atoms with Gasteiger partial charge in [-0.05, 0) is 79.3 Å². The maximum atomic E-state index is 13.8. The normalized spacial score (nSPS) is 23.3. The third-order valence-electron chi connectivity index (χ3n) is 6.74. The highest BCUT2D eigenvalue weighted by atomic mass is 35.5. The third-order valence-corrected chi connectivity index (χ3v) is 9.34. The lowest BCUT2D eigenvalue weighted by atomic mass is 9.91. The van der Waals surface area contributed by atoms with Gasteiger partial charge >= 0.3 is 0 Å². The molecule has 0 bridgehead atoms. The molecule has 8 heteroatoms. The molecule has 1 aromatic carbocycles. The van der Waals surface area contributed by atoms with Gasteiger partial charge < -0.3 is 4.74 Å². The smallest absolute Gasteiger partial charge is 0.185 e. The van der Waals surface area contributed by atoms with Gasteiger partial charge in [0.05, 0.1) is 15.8 Å². The van der Waals surface area contributed by atoms with Gasteiger partial charge in [-0.2, -0.15) is 0 Å². The van der Waals surface area contributed by atoms with Crippen molar-refractivity contribution < 1.29 is 17.9 Å². The maximum absolute atomic E-state index is 13.8. The molecule has 2 atom stereocenters. The zero-order chi connectivity index (χ0) is 22.5. The second-order valence-electron chi connectivity index (χ2n) is 8.78. The Morgan fingerprint density at radius 2 is 2.12 bits per heavy atom. The van der Waals surface area contributed by atoms with Crippen molar-refractivity contribution in [2.24, 2.45) is 0 Å². The van der Waals surface area contributed by atoms with E-state index < -0.39 is 15.1 Å². The van der Waals surface area contributed by atoms with E-state index >= 15 is 0 Å². The number of fused-ring (bicyclic) bond motifs is 2. The van der Waals surface area contributed by atoms with Gasteiger partial charge in [-0.3, -0.25) is 9.78 Å². The fourth-order valence-electron chi connectivity index (χ4n) is 5.03. The molecule has 2 unspecified atom stereocenters. The molecule has 1 aliphatic carbocycles. The number of carbonyl (C=O) groups excluding carboxylic acids is 1. The van der Waals surface area contributed by atoms with Crippen molar-refractivity contribution in [3.63, 3.8) is 0 Å².